The molecule has 0 radical (unpaired) electrons. The quantitative estimate of drug-likeness (QED) is 0.313. The van der Waals surface area contributed by atoms with Crippen molar-refractivity contribution in [3.8, 4) is 0 Å². The first-order valence-corrected chi connectivity index (χ1v) is 9.06. The Hall–Kier alpha value is -0.610. The van der Waals surface area contributed by atoms with Gasteiger partial charge in [-0.15, -0.1) is 0 Å². The van der Waals surface area contributed by atoms with Gasteiger partial charge in [-0.3, -0.25) is 10.1 Å². The molecule has 22 heavy (non-hydrogen) atoms. The molecule has 0 saturated carbocycles. The molecule has 0 aromatic rings. The third-order valence-corrected chi connectivity index (χ3v) is 4.14. The molecule has 3 N–H and O–H groups in total. The minimum absolute atomic E-state index is 0.266. The lowest BCUT2D eigenvalue weighted by Crippen LogP contribution is -2.36. The van der Waals surface area contributed by atoms with Crippen molar-refractivity contribution in [1.82, 2.24) is 5.32 Å². The molecule has 0 aromatic carbocycles. The molecule has 0 fully saturated rings. The van der Waals surface area contributed by atoms with Crippen LogP contribution in [0.25, 0.3) is 0 Å². The van der Waals surface area contributed by atoms with E-state index in [2.05, 4.69) is 12.2 Å². The molecular formula is C18H37NO3. The van der Waals surface area contributed by atoms with Crippen molar-refractivity contribution in [2.24, 2.45) is 11.8 Å². The van der Waals surface area contributed by atoms with E-state index >= 15 is 0 Å². The van der Waals surface area contributed by atoms with E-state index in [1.807, 2.05) is 13.8 Å². The molecule has 132 valence electrons. The zero-order valence-corrected chi connectivity index (χ0v) is 14.8. The number of aliphatic carboxylic acids is 1. The van der Waals surface area contributed by atoms with Crippen LogP contribution in [0.4, 0.5) is 0 Å². The molecule has 0 aromatic heterocycles. The smallest absolute Gasteiger partial charge is 0.303 e. The van der Waals surface area contributed by atoms with Crippen LogP contribution in [0.2, 0.25) is 0 Å². The fraction of sp³-hybridized carbons (Fsp3) is 0.944. The van der Waals surface area contributed by atoms with Crippen molar-refractivity contribution in [2.45, 2.75) is 91.2 Å². The summed E-state index contributed by atoms with van der Waals surface area (Å²) in [5.74, 6) is 0.205. The van der Waals surface area contributed by atoms with Gasteiger partial charge in [0, 0.05) is 13.0 Å². The largest absolute Gasteiger partial charge is 0.481 e. The zero-order valence-electron chi connectivity index (χ0n) is 14.8. The second-order valence-electron chi connectivity index (χ2n) is 6.96. The first kappa shape index (κ1) is 21.4. The van der Waals surface area contributed by atoms with Crippen molar-refractivity contribution >= 4 is 5.97 Å². The molecule has 0 aliphatic heterocycles. The molecule has 0 amide bonds. The average molecular weight is 315 g/mol. The summed E-state index contributed by atoms with van der Waals surface area (Å²) >= 11 is 0. The van der Waals surface area contributed by atoms with E-state index in [0.29, 0.717) is 12.3 Å². The molecule has 0 heterocycles. The molecule has 0 spiro atoms. The normalized spacial score (nSPS) is 14.2. The van der Waals surface area contributed by atoms with Crippen LogP contribution in [-0.4, -0.2) is 29.0 Å². The summed E-state index contributed by atoms with van der Waals surface area (Å²) < 4.78 is 0. The van der Waals surface area contributed by atoms with Gasteiger partial charge in [0.2, 0.25) is 0 Å². The Balaban J connectivity index is 3.26. The predicted molar refractivity (Wildman–Crippen MR) is 91.8 cm³/mol. The second-order valence-corrected chi connectivity index (χ2v) is 6.96. The van der Waals surface area contributed by atoms with Crippen molar-refractivity contribution < 1.29 is 15.0 Å². The number of hydrogen-bond acceptors (Lipinski definition) is 3. The van der Waals surface area contributed by atoms with Gasteiger partial charge in [-0.2, -0.15) is 0 Å². The molecule has 2 unspecified atom stereocenters. The van der Waals surface area contributed by atoms with Gasteiger partial charge < -0.3 is 10.2 Å². The zero-order chi connectivity index (χ0) is 16.8. The van der Waals surface area contributed by atoms with E-state index in [9.17, 15) is 9.90 Å². The highest BCUT2D eigenvalue weighted by Crippen LogP contribution is 2.13. The Kier molecular flexibility index (Phi) is 13.6. The summed E-state index contributed by atoms with van der Waals surface area (Å²) in [5.41, 5.74) is 0. The average Bonchev–Trinajstić information content (AvgIpc) is 2.46. The Morgan fingerprint density at radius 1 is 0.909 bits per heavy atom. The number of nitrogens with one attached hydrogen (secondary N) is 1. The van der Waals surface area contributed by atoms with Gasteiger partial charge in [-0.05, 0) is 24.7 Å². The van der Waals surface area contributed by atoms with Crippen molar-refractivity contribution in [1.29, 1.82) is 0 Å². The maximum atomic E-state index is 10.4. The molecular weight excluding hydrogens is 278 g/mol. The van der Waals surface area contributed by atoms with Crippen LogP contribution < -0.4 is 5.32 Å². The number of rotatable bonds is 15. The van der Waals surface area contributed by atoms with E-state index in [0.717, 1.165) is 19.4 Å². The molecule has 0 aliphatic carbocycles. The molecule has 0 bridgehead atoms. The van der Waals surface area contributed by atoms with E-state index in [4.69, 9.17) is 5.11 Å². The molecule has 0 rings (SSSR count). The number of unbranched alkanes of at least 4 members (excludes halogenated alkanes) is 7. The minimum Gasteiger partial charge on any atom is -0.481 e. The van der Waals surface area contributed by atoms with Crippen LogP contribution in [0, 0.1) is 11.8 Å². The van der Waals surface area contributed by atoms with Crippen molar-refractivity contribution in [3.63, 3.8) is 0 Å². The summed E-state index contributed by atoms with van der Waals surface area (Å²) in [4.78, 5) is 10.4. The lowest BCUT2D eigenvalue weighted by Gasteiger charge is -2.19. The van der Waals surface area contributed by atoms with E-state index in [1.54, 1.807) is 0 Å². The maximum absolute atomic E-state index is 10.4. The fourth-order valence-corrected chi connectivity index (χ4v) is 2.49. The van der Waals surface area contributed by atoms with E-state index in [-0.39, 0.29) is 12.1 Å². The number of aliphatic hydroxyl groups is 1. The minimum atomic E-state index is -0.676. The Bertz CT molecular complexity index is 269. The Morgan fingerprint density at radius 2 is 1.41 bits per heavy atom. The molecule has 4 nitrogen and oxygen atoms in total. The Labute approximate surface area is 136 Å². The van der Waals surface area contributed by atoms with Gasteiger partial charge in [0.25, 0.3) is 0 Å². The molecule has 0 saturated heterocycles. The van der Waals surface area contributed by atoms with E-state index in [1.165, 1.54) is 44.9 Å². The van der Waals surface area contributed by atoms with Crippen LogP contribution >= 0.6 is 0 Å². The van der Waals surface area contributed by atoms with Gasteiger partial charge >= 0.3 is 5.97 Å². The Morgan fingerprint density at radius 3 is 1.91 bits per heavy atom. The lowest BCUT2D eigenvalue weighted by atomic mass is 10.0. The highest BCUT2D eigenvalue weighted by Gasteiger charge is 2.09. The number of carboxylic acids is 1. The third-order valence-electron chi connectivity index (χ3n) is 4.14. The molecule has 4 heteroatoms. The van der Waals surface area contributed by atoms with Crippen LogP contribution in [0.1, 0.15) is 85.0 Å². The van der Waals surface area contributed by atoms with Crippen molar-refractivity contribution in [2.75, 3.05) is 6.54 Å². The summed E-state index contributed by atoms with van der Waals surface area (Å²) in [6.45, 7) is 7.17. The van der Waals surface area contributed by atoms with Gasteiger partial charge in [-0.1, -0.05) is 65.7 Å². The molecule has 0 aliphatic rings. The monoisotopic (exact) mass is 315 g/mol. The topological polar surface area (TPSA) is 69.6 Å². The number of carbonyl (C=O) groups is 1. The summed E-state index contributed by atoms with van der Waals surface area (Å²) in [5, 5.41) is 21.4. The maximum Gasteiger partial charge on any atom is 0.303 e. The highest BCUT2D eigenvalue weighted by molar-refractivity contribution is 5.66. The lowest BCUT2D eigenvalue weighted by molar-refractivity contribution is -0.137. The van der Waals surface area contributed by atoms with Crippen LogP contribution in [0.5, 0.6) is 0 Å². The van der Waals surface area contributed by atoms with Crippen molar-refractivity contribution in [3.05, 3.63) is 0 Å². The summed E-state index contributed by atoms with van der Waals surface area (Å²) in [6, 6.07) is 0. The number of hydrogen-bond donors (Lipinski definition) is 3. The van der Waals surface area contributed by atoms with Crippen LogP contribution in [0.3, 0.4) is 0 Å². The summed E-state index contributed by atoms with van der Waals surface area (Å²) in [6.07, 6.45) is 10.5. The second kappa shape index (κ2) is 14.0. The standard InChI is InChI=1S/C18H37NO3/c1-15(2)18(22)19-14-16(3)12-10-8-6-4-5-7-9-11-13-17(20)21/h15-16,18-19,22H,4-14H2,1-3H3,(H,20,21). The van der Waals surface area contributed by atoms with Crippen LogP contribution in [0.15, 0.2) is 0 Å². The third kappa shape index (κ3) is 14.3. The van der Waals surface area contributed by atoms with Gasteiger partial charge in [0.15, 0.2) is 0 Å². The van der Waals surface area contributed by atoms with E-state index < -0.39 is 5.97 Å². The first-order chi connectivity index (χ1) is 10.4. The highest BCUT2D eigenvalue weighted by atomic mass is 16.4. The molecule has 2 atom stereocenters. The number of carboxylic acid groups (broad SMARTS) is 1. The fourth-order valence-electron chi connectivity index (χ4n) is 2.49. The van der Waals surface area contributed by atoms with Gasteiger partial charge in [-0.25, -0.2) is 0 Å². The summed E-state index contributed by atoms with van der Waals surface area (Å²) in [7, 11) is 0. The van der Waals surface area contributed by atoms with Gasteiger partial charge in [0.05, 0.1) is 0 Å². The first-order valence-electron chi connectivity index (χ1n) is 9.06. The number of aliphatic hydroxyl groups excluding tert-OH is 1. The van der Waals surface area contributed by atoms with Crippen LogP contribution in [-0.2, 0) is 4.79 Å². The SMILES string of the molecule is CC(CCCCCCCCCCC(=O)O)CNC(O)C(C)C. The van der Waals surface area contributed by atoms with Gasteiger partial charge in [0.1, 0.15) is 6.23 Å². The predicted octanol–water partition coefficient (Wildman–Crippen LogP) is 4.17.